The lowest BCUT2D eigenvalue weighted by atomic mass is 9.96. The van der Waals surface area contributed by atoms with Crippen molar-refractivity contribution in [1.29, 1.82) is 0 Å². The van der Waals surface area contributed by atoms with Crippen LogP contribution in [-0.2, 0) is 0 Å². The fourth-order valence-electron chi connectivity index (χ4n) is 1.65. The van der Waals surface area contributed by atoms with E-state index in [9.17, 15) is 9.18 Å². The Hall–Kier alpha value is -0.940. The highest BCUT2D eigenvalue weighted by Gasteiger charge is 2.24. The van der Waals surface area contributed by atoms with Crippen molar-refractivity contribution < 1.29 is 13.9 Å². The van der Waals surface area contributed by atoms with Crippen molar-refractivity contribution in [2.24, 2.45) is 5.73 Å². The molecule has 0 unspecified atom stereocenters. The van der Waals surface area contributed by atoms with Crippen LogP contribution < -0.4 is 10.5 Å². The third-order valence-electron chi connectivity index (χ3n) is 2.83. The summed E-state index contributed by atoms with van der Waals surface area (Å²) in [5.74, 6) is -0.388. The molecule has 0 atom stereocenters. The first-order valence-electron chi connectivity index (χ1n) is 5.50. The molecule has 1 aromatic carbocycles. The fraction of sp³-hybridized carbons (Fsp3) is 0.417. The average molecular weight is 302 g/mol. The number of carbonyl (C=O) groups excluding carboxylic acids is 1. The topological polar surface area (TPSA) is 52.3 Å². The largest absolute Gasteiger partial charge is 0.488 e. The summed E-state index contributed by atoms with van der Waals surface area (Å²) >= 11 is 3.22. The van der Waals surface area contributed by atoms with Crippen molar-refractivity contribution in [3.63, 3.8) is 0 Å². The van der Waals surface area contributed by atoms with Crippen LogP contribution in [0.3, 0.4) is 0 Å². The van der Waals surface area contributed by atoms with Gasteiger partial charge in [-0.05, 0) is 47.3 Å². The predicted octanol–water partition coefficient (Wildman–Crippen LogP) is 2.66. The third-order valence-corrected chi connectivity index (χ3v) is 3.42. The number of hydrogen-bond donors (Lipinski definition) is 1. The molecule has 3 nitrogen and oxygen atoms in total. The first-order chi connectivity index (χ1) is 8.11. The fourth-order valence-corrected chi connectivity index (χ4v) is 2.18. The van der Waals surface area contributed by atoms with Gasteiger partial charge >= 0.3 is 0 Å². The second-order valence-electron chi connectivity index (χ2n) is 4.06. The van der Waals surface area contributed by atoms with Crippen LogP contribution >= 0.6 is 15.9 Å². The van der Waals surface area contributed by atoms with Crippen LogP contribution in [0.15, 0.2) is 16.6 Å². The van der Waals surface area contributed by atoms with Gasteiger partial charge in [-0.1, -0.05) is 0 Å². The smallest absolute Gasteiger partial charge is 0.180 e. The Morgan fingerprint density at radius 2 is 2.24 bits per heavy atom. The zero-order valence-corrected chi connectivity index (χ0v) is 10.8. The Morgan fingerprint density at radius 1 is 1.53 bits per heavy atom. The summed E-state index contributed by atoms with van der Waals surface area (Å²) in [5.41, 5.74) is 5.52. The number of rotatable bonds is 4. The summed E-state index contributed by atoms with van der Waals surface area (Å²) in [7, 11) is 0. The van der Waals surface area contributed by atoms with Crippen LogP contribution in [0.5, 0.6) is 5.75 Å². The normalized spacial score (nSPS) is 15.5. The van der Waals surface area contributed by atoms with Crippen molar-refractivity contribution >= 4 is 21.7 Å². The van der Waals surface area contributed by atoms with Crippen molar-refractivity contribution in [2.45, 2.75) is 25.4 Å². The SMILES string of the molecule is NCC(=O)c1cc(F)cc(Br)c1OC1CCC1. The lowest BCUT2D eigenvalue weighted by Crippen LogP contribution is -2.26. The third kappa shape index (κ3) is 2.66. The van der Waals surface area contributed by atoms with Gasteiger partial charge in [0.05, 0.1) is 22.7 Å². The molecule has 1 aromatic rings. The molecule has 92 valence electrons. The Balaban J connectivity index is 2.35. The van der Waals surface area contributed by atoms with E-state index in [0.29, 0.717) is 10.2 Å². The zero-order valence-electron chi connectivity index (χ0n) is 9.21. The molecule has 5 heteroatoms. The monoisotopic (exact) mass is 301 g/mol. The molecule has 0 spiro atoms. The van der Waals surface area contributed by atoms with E-state index in [1.54, 1.807) is 0 Å². The summed E-state index contributed by atoms with van der Waals surface area (Å²) in [5, 5.41) is 0. The maximum absolute atomic E-state index is 13.3. The lowest BCUT2D eigenvalue weighted by Gasteiger charge is -2.27. The summed E-state index contributed by atoms with van der Waals surface area (Å²) in [6, 6.07) is 2.47. The van der Waals surface area contributed by atoms with Crippen LogP contribution in [0.4, 0.5) is 4.39 Å². The molecule has 1 aliphatic carbocycles. The van der Waals surface area contributed by atoms with E-state index in [1.165, 1.54) is 12.1 Å². The number of hydrogen-bond acceptors (Lipinski definition) is 3. The Kier molecular flexibility index (Phi) is 3.79. The minimum atomic E-state index is -0.477. The summed E-state index contributed by atoms with van der Waals surface area (Å²) in [6.07, 6.45) is 3.20. The van der Waals surface area contributed by atoms with E-state index in [-0.39, 0.29) is 24.0 Å². The molecular weight excluding hydrogens is 289 g/mol. The van der Waals surface area contributed by atoms with Gasteiger partial charge in [-0.25, -0.2) is 4.39 Å². The van der Waals surface area contributed by atoms with Crippen molar-refractivity contribution in [2.75, 3.05) is 6.54 Å². The standard InChI is InChI=1S/C12H13BrFNO2/c13-10-5-7(14)4-9(11(16)6-15)12(10)17-8-2-1-3-8/h4-5,8H,1-3,6,15H2. The number of ether oxygens (including phenoxy) is 1. The molecule has 0 aliphatic heterocycles. The number of benzene rings is 1. The second kappa shape index (κ2) is 5.14. The highest BCUT2D eigenvalue weighted by molar-refractivity contribution is 9.10. The van der Waals surface area contributed by atoms with Crippen LogP contribution in [0.1, 0.15) is 29.6 Å². The Labute approximate surface area is 107 Å². The zero-order chi connectivity index (χ0) is 12.4. The molecule has 0 bridgehead atoms. The number of ketones is 1. The Morgan fingerprint density at radius 3 is 2.76 bits per heavy atom. The first-order valence-corrected chi connectivity index (χ1v) is 6.30. The van der Waals surface area contributed by atoms with E-state index >= 15 is 0 Å². The van der Waals surface area contributed by atoms with Gasteiger partial charge in [0, 0.05) is 0 Å². The maximum atomic E-state index is 13.3. The molecule has 2 rings (SSSR count). The molecule has 0 saturated heterocycles. The number of nitrogens with two attached hydrogens (primary N) is 1. The molecule has 0 radical (unpaired) electrons. The van der Waals surface area contributed by atoms with Crippen LogP contribution in [0, 0.1) is 5.82 Å². The maximum Gasteiger partial charge on any atom is 0.180 e. The first kappa shape index (κ1) is 12.5. The molecular formula is C12H13BrFNO2. The van der Waals surface area contributed by atoms with Crippen LogP contribution in [0.25, 0.3) is 0 Å². The van der Waals surface area contributed by atoms with E-state index in [1.807, 2.05) is 0 Å². The number of halogens is 2. The van der Waals surface area contributed by atoms with Gasteiger partial charge in [0.1, 0.15) is 11.6 Å². The van der Waals surface area contributed by atoms with Gasteiger partial charge in [-0.3, -0.25) is 4.79 Å². The van der Waals surface area contributed by atoms with Gasteiger partial charge in [-0.15, -0.1) is 0 Å². The predicted molar refractivity (Wildman–Crippen MR) is 65.8 cm³/mol. The number of carbonyl (C=O) groups is 1. The summed E-state index contributed by atoms with van der Waals surface area (Å²) < 4.78 is 19.4. The van der Waals surface area contributed by atoms with E-state index in [2.05, 4.69) is 15.9 Å². The highest BCUT2D eigenvalue weighted by atomic mass is 79.9. The van der Waals surface area contributed by atoms with Gasteiger partial charge in [0.25, 0.3) is 0 Å². The minimum Gasteiger partial charge on any atom is -0.488 e. The van der Waals surface area contributed by atoms with Crippen LogP contribution in [0.2, 0.25) is 0 Å². The molecule has 2 N–H and O–H groups in total. The van der Waals surface area contributed by atoms with E-state index < -0.39 is 5.82 Å². The summed E-state index contributed by atoms with van der Waals surface area (Å²) in [6.45, 7) is -0.156. The van der Waals surface area contributed by atoms with Gasteiger partial charge in [0.2, 0.25) is 0 Å². The molecule has 1 aliphatic rings. The summed E-state index contributed by atoms with van der Waals surface area (Å²) in [4.78, 5) is 11.6. The lowest BCUT2D eigenvalue weighted by molar-refractivity contribution is 0.0970. The van der Waals surface area contributed by atoms with Crippen LogP contribution in [-0.4, -0.2) is 18.4 Å². The Bertz CT molecular complexity index is 446. The molecule has 0 heterocycles. The minimum absolute atomic E-state index is 0.126. The molecule has 0 aromatic heterocycles. The van der Waals surface area contributed by atoms with Crippen molar-refractivity contribution in [1.82, 2.24) is 0 Å². The molecule has 1 saturated carbocycles. The van der Waals surface area contributed by atoms with Crippen molar-refractivity contribution in [3.8, 4) is 5.75 Å². The second-order valence-corrected chi connectivity index (χ2v) is 4.92. The number of Topliss-reactive ketones (excluding diaryl/α,β-unsaturated/α-hetero) is 1. The highest BCUT2D eigenvalue weighted by Crippen LogP contribution is 2.34. The molecule has 0 amide bonds. The van der Waals surface area contributed by atoms with Gasteiger partial charge < -0.3 is 10.5 Å². The van der Waals surface area contributed by atoms with Crippen molar-refractivity contribution in [3.05, 3.63) is 28.0 Å². The average Bonchev–Trinajstić information content (AvgIpc) is 2.23. The van der Waals surface area contributed by atoms with Gasteiger partial charge in [-0.2, -0.15) is 0 Å². The van der Waals surface area contributed by atoms with Gasteiger partial charge in [0.15, 0.2) is 5.78 Å². The van der Waals surface area contributed by atoms with E-state index in [4.69, 9.17) is 10.5 Å². The quantitative estimate of drug-likeness (QED) is 0.870. The molecule has 17 heavy (non-hydrogen) atoms. The van der Waals surface area contributed by atoms with E-state index in [0.717, 1.165) is 19.3 Å². The molecule has 1 fully saturated rings.